The van der Waals surface area contributed by atoms with Gasteiger partial charge in [-0.2, -0.15) is 0 Å². The lowest BCUT2D eigenvalue weighted by molar-refractivity contribution is -0.140. The maximum atomic E-state index is 11.9. The second-order valence-corrected chi connectivity index (χ2v) is 8.56. The molecule has 1 aliphatic carbocycles. The summed E-state index contributed by atoms with van der Waals surface area (Å²) in [5.74, 6) is -1.73. The minimum atomic E-state index is -4.44. The van der Waals surface area contributed by atoms with Gasteiger partial charge in [-0.25, -0.2) is 4.99 Å². The SMILES string of the molecule is CCN(CCOC(=O)CP(=O)(O)O)c1ccc(/N=C2\C=CC(=O)C(NC(=O)COC)=C2)cc1. The highest BCUT2D eigenvalue weighted by Gasteiger charge is 2.20. The van der Waals surface area contributed by atoms with Crippen molar-refractivity contribution in [3.05, 3.63) is 48.2 Å². The van der Waals surface area contributed by atoms with E-state index in [-0.39, 0.29) is 24.7 Å². The van der Waals surface area contributed by atoms with Crippen molar-refractivity contribution in [2.75, 3.05) is 44.5 Å². The molecule has 0 saturated heterocycles. The van der Waals surface area contributed by atoms with E-state index in [1.54, 1.807) is 18.2 Å². The van der Waals surface area contributed by atoms with Crippen LogP contribution in [0.25, 0.3) is 0 Å². The van der Waals surface area contributed by atoms with Gasteiger partial charge in [-0.3, -0.25) is 18.9 Å². The van der Waals surface area contributed by atoms with E-state index in [0.717, 1.165) is 5.69 Å². The lowest BCUT2D eigenvalue weighted by Gasteiger charge is -2.23. The number of nitrogens with one attached hydrogen (secondary N) is 1. The zero-order chi connectivity index (χ0) is 24.4. The first-order chi connectivity index (χ1) is 15.6. The fraction of sp³-hybridized carbons (Fsp3) is 0.333. The molecule has 0 bridgehead atoms. The number of ketones is 1. The fourth-order valence-electron chi connectivity index (χ4n) is 2.84. The van der Waals surface area contributed by atoms with Gasteiger partial charge in [0.05, 0.1) is 23.6 Å². The van der Waals surface area contributed by atoms with Gasteiger partial charge >= 0.3 is 13.6 Å². The van der Waals surface area contributed by atoms with Gasteiger partial charge < -0.3 is 29.5 Å². The predicted octanol–water partition coefficient (Wildman–Crippen LogP) is 1.09. The van der Waals surface area contributed by atoms with Gasteiger partial charge in [-0.05, 0) is 49.4 Å². The molecule has 12 heteroatoms. The summed E-state index contributed by atoms with van der Waals surface area (Å²) in [6, 6.07) is 7.18. The third-order valence-electron chi connectivity index (χ3n) is 4.33. The lowest BCUT2D eigenvalue weighted by atomic mass is 10.1. The summed E-state index contributed by atoms with van der Waals surface area (Å²) in [4.78, 5) is 59.0. The molecule has 178 valence electrons. The molecule has 11 nitrogen and oxygen atoms in total. The topological polar surface area (TPSA) is 155 Å². The average molecular weight is 479 g/mol. The first kappa shape index (κ1) is 26.1. The van der Waals surface area contributed by atoms with E-state index in [1.165, 1.54) is 19.3 Å². The highest BCUT2D eigenvalue weighted by atomic mass is 31.2. The number of likely N-dealkylation sites (N-methyl/N-ethyl adjacent to an activating group) is 1. The molecular formula is C21H26N3O8P. The summed E-state index contributed by atoms with van der Waals surface area (Å²) in [5, 5.41) is 2.49. The van der Waals surface area contributed by atoms with Crippen molar-refractivity contribution >= 4 is 42.3 Å². The Morgan fingerprint density at radius 3 is 2.48 bits per heavy atom. The van der Waals surface area contributed by atoms with E-state index in [9.17, 15) is 18.9 Å². The first-order valence-electron chi connectivity index (χ1n) is 9.98. The molecule has 0 heterocycles. The average Bonchev–Trinajstić information content (AvgIpc) is 2.73. The van der Waals surface area contributed by atoms with Crippen LogP contribution in [0.15, 0.2) is 53.2 Å². The van der Waals surface area contributed by atoms with Crippen LogP contribution in [-0.4, -0.2) is 72.7 Å². The van der Waals surface area contributed by atoms with Crippen molar-refractivity contribution in [3.63, 3.8) is 0 Å². The molecule has 0 aliphatic heterocycles. The highest BCUT2D eigenvalue weighted by Crippen LogP contribution is 2.33. The van der Waals surface area contributed by atoms with Crippen molar-refractivity contribution in [2.45, 2.75) is 6.92 Å². The Morgan fingerprint density at radius 1 is 1.18 bits per heavy atom. The van der Waals surface area contributed by atoms with Gasteiger partial charge in [0.15, 0.2) is 0 Å². The summed E-state index contributed by atoms with van der Waals surface area (Å²) in [6.45, 7) is 2.69. The van der Waals surface area contributed by atoms with Crippen molar-refractivity contribution in [2.24, 2.45) is 4.99 Å². The number of carbonyl (C=O) groups is 3. The van der Waals surface area contributed by atoms with Crippen LogP contribution in [-0.2, 0) is 28.4 Å². The molecule has 0 atom stereocenters. The number of nitrogens with zero attached hydrogens (tertiary/aromatic N) is 2. The Balaban J connectivity index is 2.00. The van der Waals surface area contributed by atoms with Gasteiger partial charge in [0.1, 0.15) is 19.4 Å². The maximum absolute atomic E-state index is 11.9. The van der Waals surface area contributed by atoms with Gasteiger partial charge in [0.25, 0.3) is 0 Å². The van der Waals surface area contributed by atoms with Crippen LogP contribution >= 0.6 is 7.60 Å². The number of ether oxygens (including phenoxy) is 2. The van der Waals surface area contributed by atoms with E-state index in [2.05, 4.69) is 10.3 Å². The normalized spacial score (nSPS) is 14.7. The zero-order valence-corrected chi connectivity index (χ0v) is 19.2. The van der Waals surface area contributed by atoms with Crippen LogP contribution in [0.3, 0.4) is 0 Å². The summed E-state index contributed by atoms with van der Waals surface area (Å²) in [7, 11) is -3.06. The van der Waals surface area contributed by atoms with Crippen LogP contribution in [0.1, 0.15) is 6.92 Å². The quantitative estimate of drug-likeness (QED) is 0.240. The van der Waals surface area contributed by atoms with Gasteiger partial charge in [-0.15, -0.1) is 0 Å². The number of carbonyl (C=O) groups excluding carboxylic acids is 3. The predicted molar refractivity (Wildman–Crippen MR) is 122 cm³/mol. The second kappa shape index (κ2) is 12.2. The number of amides is 1. The zero-order valence-electron chi connectivity index (χ0n) is 18.3. The molecule has 1 aromatic rings. The van der Waals surface area contributed by atoms with Crippen LogP contribution in [0.5, 0.6) is 0 Å². The number of anilines is 1. The Hall–Kier alpha value is -3.11. The minimum Gasteiger partial charge on any atom is -0.463 e. The number of rotatable bonds is 11. The molecule has 0 spiro atoms. The Kier molecular flexibility index (Phi) is 9.68. The monoisotopic (exact) mass is 479 g/mol. The van der Waals surface area contributed by atoms with Crippen LogP contribution in [0.2, 0.25) is 0 Å². The highest BCUT2D eigenvalue weighted by molar-refractivity contribution is 7.52. The standard InChI is InChI=1S/C21H26N3O8P/c1-3-24(10-11-32-21(27)14-33(28,29)30)17-7-4-15(5-8-17)22-16-6-9-19(25)18(12-16)23-20(26)13-31-2/h4-9,12H,3,10-11,13-14H2,1-2H3,(H,23,26)(H2,28,29,30)/b22-16+. The first-order valence-corrected chi connectivity index (χ1v) is 11.8. The van der Waals surface area contributed by atoms with E-state index >= 15 is 0 Å². The van der Waals surface area contributed by atoms with Crippen LogP contribution < -0.4 is 10.2 Å². The smallest absolute Gasteiger partial charge is 0.336 e. The molecule has 1 aliphatic rings. The Bertz CT molecular complexity index is 1010. The number of aliphatic imine (C=N–C) groups is 1. The van der Waals surface area contributed by atoms with E-state index in [4.69, 9.17) is 19.3 Å². The van der Waals surface area contributed by atoms with Crippen molar-refractivity contribution in [3.8, 4) is 0 Å². The minimum absolute atomic E-state index is 0.0160. The van der Waals surface area contributed by atoms with Gasteiger partial charge in [0.2, 0.25) is 11.7 Å². The lowest BCUT2D eigenvalue weighted by Crippen LogP contribution is -2.31. The van der Waals surface area contributed by atoms with E-state index < -0.39 is 25.6 Å². The van der Waals surface area contributed by atoms with E-state index in [1.807, 2.05) is 24.0 Å². The summed E-state index contributed by atoms with van der Waals surface area (Å²) < 4.78 is 20.4. The molecule has 0 aromatic heterocycles. The second-order valence-electron chi connectivity index (χ2n) is 6.91. The molecule has 3 N–H and O–H groups in total. The van der Waals surface area contributed by atoms with Crippen molar-refractivity contribution < 1.29 is 38.2 Å². The molecule has 1 amide bonds. The molecule has 2 rings (SSSR count). The van der Waals surface area contributed by atoms with E-state index in [0.29, 0.717) is 24.5 Å². The molecule has 0 radical (unpaired) electrons. The van der Waals surface area contributed by atoms with Crippen LogP contribution in [0.4, 0.5) is 11.4 Å². The fourth-order valence-corrected chi connectivity index (χ4v) is 3.27. The summed E-state index contributed by atoms with van der Waals surface area (Å²) >= 11 is 0. The molecule has 0 fully saturated rings. The molecule has 1 aromatic carbocycles. The molecule has 0 unspecified atom stereocenters. The van der Waals surface area contributed by atoms with Crippen LogP contribution in [0, 0.1) is 0 Å². The summed E-state index contributed by atoms with van der Waals surface area (Å²) in [5.41, 5.74) is 2.06. The molecule has 0 saturated carbocycles. The number of hydrogen-bond donors (Lipinski definition) is 3. The largest absolute Gasteiger partial charge is 0.463 e. The Labute approximate surface area is 190 Å². The maximum Gasteiger partial charge on any atom is 0.336 e. The van der Waals surface area contributed by atoms with Crippen molar-refractivity contribution in [1.82, 2.24) is 5.32 Å². The number of benzene rings is 1. The third kappa shape index (κ3) is 9.11. The van der Waals surface area contributed by atoms with Crippen molar-refractivity contribution in [1.29, 1.82) is 0 Å². The van der Waals surface area contributed by atoms with Gasteiger partial charge in [0, 0.05) is 19.3 Å². The number of hydrogen-bond acceptors (Lipinski definition) is 8. The molecule has 33 heavy (non-hydrogen) atoms. The van der Waals surface area contributed by atoms with Gasteiger partial charge in [-0.1, -0.05) is 0 Å². The Morgan fingerprint density at radius 2 is 1.88 bits per heavy atom. The molecular weight excluding hydrogens is 453 g/mol. The summed E-state index contributed by atoms with van der Waals surface area (Å²) in [6.07, 6.45) is 3.41. The number of allylic oxidation sites excluding steroid dienone is 3. The third-order valence-corrected chi connectivity index (χ3v) is 5.00. The number of methoxy groups -OCH3 is 1. The number of esters is 1.